The highest BCUT2D eigenvalue weighted by Crippen LogP contribution is 2.47. The van der Waals surface area contributed by atoms with E-state index in [2.05, 4.69) is 11.4 Å². The maximum Gasteiger partial charge on any atom is 0.273 e. The molecule has 18 heavy (non-hydrogen) atoms. The fourth-order valence-electron chi connectivity index (χ4n) is 2.06. The molecule has 0 atom stereocenters. The lowest BCUT2D eigenvalue weighted by atomic mass is 10.0. The molecule has 1 aromatic carbocycles. The third-order valence-electron chi connectivity index (χ3n) is 3.41. The van der Waals surface area contributed by atoms with Gasteiger partial charge in [-0.15, -0.1) is 0 Å². The third-order valence-corrected chi connectivity index (χ3v) is 3.41. The van der Waals surface area contributed by atoms with Gasteiger partial charge in [-0.2, -0.15) is 5.26 Å². The van der Waals surface area contributed by atoms with Crippen molar-refractivity contribution in [2.75, 3.05) is 6.54 Å². The molecule has 0 heterocycles. The molecule has 1 aromatic rings. The second-order valence-corrected chi connectivity index (χ2v) is 4.82. The van der Waals surface area contributed by atoms with E-state index in [4.69, 9.17) is 5.26 Å². The molecule has 0 amide bonds. The fraction of sp³-hybridized carbons (Fsp3) is 0.462. The van der Waals surface area contributed by atoms with E-state index in [1.54, 1.807) is 18.2 Å². The van der Waals surface area contributed by atoms with Gasteiger partial charge in [-0.05, 0) is 18.3 Å². The Morgan fingerprint density at radius 2 is 2.17 bits per heavy atom. The van der Waals surface area contributed by atoms with Crippen LogP contribution in [0, 0.1) is 26.9 Å². The van der Waals surface area contributed by atoms with E-state index < -0.39 is 0 Å². The summed E-state index contributed by atoms with van der Waals surface area (Å²) in [6.07, 6.45) is 2.71. The Morgan fingerprint density at radius 3 is 2.78 bits per heavy atom. The molecule has 0 radical (unpaired) electrons. The summed E-state index contributed by atoms with van der Waals surface area (Å²) in [5.74, 6) is 0. The van der Waals surface area contributed by atoms with Crippen LogP contribution in [0.15, 0.2) is 24.3 Å². The maximum absolute atomic E-state index is 10.8. The van der Waals surface area contributed by atoms with Gasteiger partial charge in [0.05, 0.1) is 11.0 Å². The van der Waals surface area contributed by atoms with Gasteiger partial charge in [0.15, 0.2) is 0 Å². The highest BCUT2D eigenvalue weighted by atomic mass is 16.6. The molecule has 1 N–H and O–H groups in total. The Labute approximate surface area is 106 Å². The summed E-state index contributed by atoms with van der Waals surface area (Å²) in [5.41, 5.74) is 0.962. The van der Waals surface area contributed by atoms with Gasteiger partial charge < -0.3 is 5.32 Å². The van der Waals surface area contributed by atoms with E-state index in [-0.39, 0.29) is 16.0 Å². The topological polar surface area (TPSA) is 79.0 Å². The Balaban J connectivity index is 1.91. The number of nitrogens with zero attached hydrogens (tertiary/aromatic N) is 2. The number of nitro benzene ring substituents is 1. The number of nitro groups is 1. The van der Waals surface area contributed by atoms with Crippen LogP contribution in [0.1, 0.15) is 24.8 Å². The van der Waals surface area contributed by atoms with Crippen molar-refractivity contribution in [2.45, 2.75) is 25.8 Å². The first kappa shape index (κ1) is 12.5. The van der Waals surface area contributed by atoms with Crippen molar-refractivity contribution in [3.8, 4) is 6.07 Å². The van der Waals surface area contributed by atoms with E-state index in [0.717, 1.165) is 19.4 Å². The maximum atomic E-state index is 10.8. The van der Waals surface area contributed by atoms with Crippen LogP contribution in [-0.2, 0) is 6.54 Å². The summed E-state index contributed by atoms with van der Waals surface area (Å²) >= 11 is 0. The van der Waals surface area contributed by atoms with Crippen molar-refractivity contribution in [1.82, 2.24) is 5.32 Å². The molecule has 1 aliphatic carbocycles. The van der Waals surface area contributed by atoms with E-state index in [1.807, 2.05) is 0 Å². The molecule has 0 saturated heterocycles. The molecule has 94 valence electrons. The Bertz CT molecular complexity index is 489. The summed E-state index contributed by atoms with van der Waals surface area (Å²) in [6, 6.07) is 8.94. The molecule has 5 nitrogen and oxygen atoms in total. The minimum Gasteiger partial charge on any atom is -0.312 e. The monoisotopic (exact) mass is 245 g/mol. The van der Waals surface area contributed by atoms with Crippen LogP contribution in [0.4, 0.5) is 5.69 Å². The molecule has 0 aromatic heterocycles. The van der Waals surface area contributed by atoms with E-state index in [9.17, 15) is 10.1 Å². The number of hydrogen-bond donors (Lipinski definition) is 1. The van der Waals surface area contributed by atoms with Crippen molar-refractivity contribution in [3.63, 3.8) is 0 Å². The molecular weight excluding hydrogens is 230 g/mol. The predicted octanol–water partition coefficient (Wildman–Crippen LogP) is 2.38. The van der Waals surface area contributed by atoms with Crippen LogP contribution in [0.3, 0.4) is 0 Å². The van der Waals surface area contributed by atoms with Crippen molar-refractivity contribution in [3.05, 3.63) is 39.9 Å². The van der Waals surface area contributed by atoms with Crippen molar-refractivity contribution in [1.29, 1.82) is 5.26 Å². The Kier molecular flexibility index (Phi) is 3.58. The molecule has 1 aliphatic rings. The molecule has 0 spiro atoms. The van der Waals surface area contributed by atoms with Crippen molar-refractivity contribution >= 4 is 5.69 Å². The zero-order chi connectivity index (χ0) is 13.0. The predicted molar refractivity (Wildman–Crippen MR) is 66.7 cm³/mol. The van der Waals surface area contributed by atoms with Crippen LogP contribution in [-0.4, -0.2) is 11.5 Å². The number of para-hydroxylation sites is 1. The Hall–Kier alpha value is -1.93. The first-order chi connectivity index (χ1) is 8.67. The fourth-order valence-corrected chi connectivity index (χ4v) is 2.06. The number of nitriles is 1. The third kappa shape index (κ3) is 2.84. The summed E-state index contributed by atoms with van der Waals surface area (Å²) in [4.78, 5) is 10.5. The first-order valence-electron chi connectivity index (χ1n) is 5.97. The number of benzene rings is 1. The van der Waals surface area contributed by atoms with Gasteiger partial charge in [0.1, 0.15) is 0 Å². The quantitative estimate of drug-likeness (QED) is 0.616. The zero-order valence-corrected chi connectivity index (χ0v) is 10.1. The number of nitrogens with one attached hydrogen (secondary N) is 1. The van der Waals surface area contributed by atoms with Gasteiger partial charge in [-0.25, -0.2) is 0 Å². The van der Waals surface area contributed by atoms with Gasteiger partial charge in [0.25, 0.3) is 5.69 Å². The van der Waals surface area contributed by atoms with Gasteiger partial charge in [-0.1, -0.05) is 18.2 Å². The largest absolute Gasteiger partial charge is 0.312 e. The lowest BCUT2D eigenvalue weighted by Crippen LogP contribution is -2.23. The van der Waals surface area contributed by atoms with Crippen molar-refractivity contribution in [2.24, 2.45) is 5.41 Å². The second kappa shape index (κ2) is 5.15. The molecule has 0 aliphatic heterocycles. The standard InChI is InChI=1S/C13H15N3O2/c14-8-7-13(5-6-13)10-15-9-11-3-1-2-4-12(11)16(17)18/h1-4,15H,5-7,9-10H2. The van der Waals surface area contributed by atoms with Crippen LogP contribution >= 0.6 is 0 Å². The SMILES string of the molecule is N#CCC1(CNCc2ccccc2[N+](=O)[O-])CC1. The van der Waals surface area contributed by atoms with Gasteiger partial charge in [-0.3, -0.25) is 10.1 Å². The smallest absolute Gasteiger partial charge is 0.273 e. The minimum absolute atomic E-state index is 0.123. The van der Waals surface area contributed by atoms with Gasteiger partial charge in [0.2, 0.25) is 0 Å². The normalized spacial score (nSPS) is 15.9. The van der Waals surface area contributed by atoms with Gasteiger partial charge >= 0.3 is 0 Å². The van der Waals surface area contributed by atoms with E-state index in [1.165, 1.54) is 6.07 Å². The highest BCUT2D eigenvalue weighted by molar-refractivity contribution is 5.39. The average molecular weight is 245 g/mol. The highest BCUT2D eigenvalue weighted by Gasteiger charge is 2.41. The van der Waals surface area contributed by atoms with Crippen LogP contribution in [0.25, 0.3) is 0 Å². The molecule has 0 unspecified atom stereocenters. The van der Waals surface area contributed by atoms with Gasteiger partial charge in [0, 0.05) is 31.1 Å². The molecule has 5 heteroatoms. The summed E-state index contributed by atoms with van der Waals surface area (Å²) in [5, 5.41) is 22.8. The van der Waals surface area contributed by atoms with Crippen LogP contribution < -0.4 is 5.32 Å². The molecule has 0 bridgehead atoms. The van der Waals surface area contributed by atoms with Crippen LogP contribution in [0.5, 0.6) is 0 Å². The van der Waals surface area contributed by atoms with E-state index >= 15 is 0 Å². The Morgan fingerprint density at radius 1 is 1.44 bits per heavy atom. The number of rotatable bonds is 6. The second-order valence-electron chi connectivity index (χ2n) is 4.82. The lowest BCUT2D eigenvalue weighted by Gasteiger charge is -2.12. The lowest BCUT2D eigenvalue weighted by molar-refractivity contribution is -0.385. The molecule has 1 fully saturated rings. The zero-order valence-electron chi connectivity index (χ0n) is 10.1. The summed E-state index contributed by atoms with van der Waals surface area (Å²) in [7, 11) is 0. The first-order valence-corrected chi connectivity index (χ1v) is 5.97. The average Bonchev–Trinajstić information content (AvgIpc) is 3.10. The van der Waals surface area contributed by atoms with Crippen LogP contribution in [0.2, 0.25) is 0 Å². The number of hydrogen-bond acceptors (Lipinski definition) is 4. The van der Waals surface area contributed by atoms with E-state index in [0.29, 0.717) is 18.5 Å². The minimum atomic E-state index is -0.362. The molecule has 2 rings (SSSR count). The molecular formula is C13H15N3O2. The van der Waals surface area contributed by atoms with Crippen molar-refractivity contribution < 1.29 is 4.92 Å². The molecule has 1 saturated carbocycles. The summed E-state index contributed by atoms with van der Waals surface area (Å²) < 4.78 is 0. The summed E-state index contributed by atoms with van der Waals surface area (Å²) in [6.45, 7) is 1.23.